The van der Waals surface area contributed by atoms with Crippen molar-refractivity contribution in [2.45, 2.75) is 39.2 Å². The first-order valence-corrected chi connectivity index (χ1v) is 6.23. The molecule has 1 N–H and O–H groups in total. The molecule has 0 radical (unpaired) electrons. The van der Waals surface area contributed by atoms with Crippen LogP contribution >= 0.6 is 11.6 Å². The van der Waals surface area contributed by atoms with Crippen molar-refractivity contribution in [2.75, 3.05) is 6.54 Å². The van der Waals surface area contributed by atoms with Crippen molar-refractivity contribution < 1.29 is 4.39 Å². The van der Waals surface area contributed by atoms with Gasteiger partial charge in [0.15, 0.2) is 0 Å². The maximum absolute atomic E-state index is 13.2. The molecular weight excluding hydrogens is 225 g/mol. The van der Waals surface area contributed by atoms with E-state index in [9.17, 15) is 4.39 Å². The summed E-state index contributed by atoms with van der Waals surface area (Å²) in [4.78, 5) is 0. The molecule has 1 aromatic rings. The first kappa shape index (κ1) is 13.5. The van der Waals surface area contributed by atoms with E-state index in [4.69, 9.17) is 11.6 Å². The minimum Gasteiger partial charge on any atom is -0.314 e. The van der Waals surface area contributed by atoms with Crippen molar-refractivity contribution >= 4 is 11.6 Å². The first-order valence-electron chi connectivity index (χ1n) is 5.85. The third-order valence-corrected chi connectivity index (χ3v) is 3.20. The molecule has 0 aliphatic heterocycles. The molecule has 1 atom stereocenters. The van der Waals surface area contributed by atoms with Crippen LogP contribution in [0.2, 0.25) is 5.02 Å². The number of rotatable bonds is 6. The quantitative estimate of drug-likeness (QED) is 0.802. The average Bonchev–Trinajstić information content (AvgIpc) is 2.29. The average molecular weight is 244 g/mol. The fraction of sp³-hybridized carbons (Fsp3) is 0.538. The monoisotopic (exact) mass is 243 g/mol. The van der Waals surface area contributed by atoms with Crippen molar-refractivity contribution in [1.82, 2.24) is 5.32 Å². The molecule has 0 saturated heterocycles. The Morgan fingerprint density at radius 2 is 2.12 bits per heavy atom. The molecule has 90 valence electrons. The van der Waals surface area contributed by atoms with Crippen LogP contribution in [0.3, 0.4) is 0 Å². The minimum absolute atomic E-state index is 0.272. The van der Waals surface area contributed by atoms with Gasteiger partial charge in [0, 0.05) is 6.04 Å². The molecular formula is C13H19ClFN. The molecule has 0 aliphatic carbocycles. The second-order valence-electron chi connectivity index (χ2n) is 3.91. The third-order valence-electron chi connectivity index (χ3n) is 2.78. The smallest absolute Gasteiger partial charge is 0.142 e. The Morgan fingerprint density at radius 3 is 2.75 bits per heavy atom. The number of hydrogen-bond donors (Lipinski definition) is 1. The highest BCUT2D eigenvalue weighted by molar-refractivity contribution is 6.31. The number of hydrogen-bond acceptors (Lipinski definition) is 1. The first-order chi connectivity index (χ1) is 7.69. The molecule has 0 amide bonds. The lowest BCUT2D eigenvalue weighted by Crippen LogP contribution is -2.28. The van der Waals surface area contributed by atoms with Crippen LogP contribution in [0.1, 0.15) is 32.3 Å². The van der Waals surface area contributed by atoms with E-state index in [2.05, 4.69) is 19.2 Å². The summed E-state index contributed by atoms with van der Waals surface area (Å²) in [5.41, 5.74) is 0.901. The van der Waals surface area contributed by atoms with Gasteiger partial charge in [-0.25, -0.2) is 4.39 Å². The van der Waals surface area contributed by atoms with Gasteiger partial charge in [0.25, 0.3) is 0 Å². The van der Waals surface area contributed by atoms with Gasteiger partial charge in [-0.1, -0.05) is 37.6 Å². The molecule has 0 aliphatic rings. The lowest BCUT2D eigenvalue weighted by atomic mass is 10.0. The Bertz CT molecular complexity index is 328. The highest BCUT2D eigenvalue weighted by atomic mass is 35.5. The van der Waals surface area contributed by atoms with Gasteiger partial charge >= 0.3 is 0 Å². The molecule has 0 bridgehead atoms. The highest BCUT2D eigenvalue weighted by Crippen LogP contribution is 2.21. The van der Waals surface area contributed by atoms with Crippen LogP contribution < -0.4 is 5.32 Å². The van der Waals surface area contributed by atoms with Crippen LogP contribution in [-0.4, -0.2) is 12.6 Å². The summed E-state index contributed by atoms with van der Waals surface area (Å²) in [5, 5.41) is 3.67. The summed E-state index contributed by atoms with van der Waals surface area (Å²) in [6, 6.07) is 5.49. The van der Waals surface area contributed by atoms with Crippen molar-refractivity contribution in [3.63, 3.8) is 0 Å². The second kappa shape index (κ2) is 6.87. The van der Waals surface area contributed by atoms with Gasteiger partial charge < -0.3 is 5.32 Å². The van der Waals surface area contributed by atoms with Gasteiger partial charge in [0.2, 0.25) is 0 Å². The molecule has 0 fully saturated rings. The zero-order valence-electron chi connectivity index (χ0n) is 9.89. The van der Waals surface area contributed by atoms with Crippen LogP contribution in [0.4, 0.5) is 4.39 Å². The Morgan fingerprint density at radius 1 is 1.38 bits per heavy atom. The fourth-order valence-corrected chi connectivity index (χ4v) is 2.03. The SMILES string of the molecule is CCNC(CC)CCc1cccc(F)c1Cl. The van der Waals surface area contributed by atoms with E-state index in [1.807, 2.05) is 6.07 Å². The van der Waals surface area contributed by atoms with E-state index in [0.29, 0.717) is 6.04 Å². The van der Waals surface area contributed by atoms with E-state index in [-0.39, 0.29) is 10.8 Å². The summed E-state index contributed by atoms with van der Waals surface area (Å²) in [6.07, 6.45) is 2.90. The van der Waals surface area contributed by atoms with Crippen LogP contribution in [0.25, 0.3) is 0 Å². The fourth-order valence-electron chi connectivity index (χ4n) is 1.81. The minimum atomic E-state index is -0.323. The van der Waals surface area contributed by atoms with Crippen LogP contribution in [-0.2, 0) is 6.42 Å². The normalized spacial score (nSPS) is 12.8. The summed E-state index contributed by atoms with van der Waals surface area (Å²) in [6.45, 7) is 5.22. The molecule has 1 nitrogen and oxygen atoms in total. The number of aryl methyl sites for hydroxylation is 1. The molecule has 1 unspecified atom stereocenters. The molecule has 1 aromatic carbocycles. The van der Waals surface area contributed by atoms with E-state index >= 15 is 0 Å². The summed E-state index contributed by atoms with van der Waals surface area (Å²) in [7, 11) is 0. The molecule has 0 heterocycles. The zero-order valence-corrected chi connectivity index (χ0v) is 10.6. The lowest BCUT2D eigenvalue weighted by Gasteiger charge is -2.15. The molecule has 0 spiro atoms. The maximum Gasteiger partial charge on any atom is 0.142 e. The Hall–Kier alpha value is -0.600. The van der Waals surface area contributed by atoms with Gasteiger partial charge in [-0.05, 0) is 37.4 Å². The van der Waals surface area contributed by atoms with Gasteiger partial charge in [0.1, 0.15) is 5.82 Å². The summed E-state index contributed by atoms with van der Waals surface area (Å²) < 4.78 is 13.2. The predicted molar refractivity (Wildman–Crippen MR) is 67.5 cm³/mol. The van der Waals surface area contributed by atoms with Crippen molar-refractivity contribution in [1.29, 1.82) is 0 Å². The molecule has 0 aromatic heterocycles. The zero-order chi connectivity index (χ0) is 12.0. The van der Waals surface area contributed by atoms with Crippen molar-refractivity contribution in [3.8, 4) is 0 Å². The lowest BCUT2D eigenvalue weighted by molar-refractivity contribution is 0.480. The predicted octanol–water partition coefficient (Wildman–Crippen LogP) is 3.80. The standard InChI is InChI=1S/C13H19ClFN/c1-3-11(16-4-2)9-8-10-6-5-7-12(15)13(10)14/h5-7,11,16H,3-4,8-9H2,1-2H3. The van der Waals surface area contributed by atoms with Gasteiger partial charge in [-0.3, -0.25) is 0 Å². The van der Waals surface area contributed by atoms with Crippen molar-refractivity contribution in [3.05, 3.63) is 34.6 Å². The highest BCUT2D eigenvalue weighted by Gasteiger charge is 2.08. The molecule has 1 rings (SSSR count). The third kappa shape index (κ3) is 3.76. The Kier molecular flexibility index (Phi) is 5.78. The van der Waals surface area contributed by atoms with E-state index < -0.39 is 0 Å². The molecule has 0 saturated carbocycles. The second-order valence-corrected chi connectivity index (χ2v) is 4.29. The molecule has 3 heteroatoms. The van der Waals surface area contributed by atoms with Gasteiger partial charge in [-0.15, -0.1) is 0 Å². The van der Waals surface area contributed by atoms with Gasteiger partial charge in [0.05, 0.1) is 5.02 Å². The maximum atomic E-state index is 13.2. The Labute approximate surface area is 102 Å². The van der Waals surface area contributed by atoms with Crippen molar-refractivity contribution in [2.24, 2.45) is 0 Å². The van der Waals surface area contributed by atoms with Crippen LogP contribution in [0, 0.1) is 5.82 Å². The summed E-state index contributed by atoms with van der Waals surface area (Å²) >= 11 is 5.90. The topological polar surface area (TPSA) is 12.0 Å². The van der Waals surface area contributed by atoms with E-state index in [0.717, 1.165) is 31.4 Å². The number of benzene rings is 1. The number of halogens is 2. The summed E-state index contributed by atoms with van der Waals surface area (Å²) in [5.74, 6) is -0.323. The largest absolute Gasteiger partial charge is 0.314 e. The van der Waals surface area contributed by atoms with Crippen LogP contribution in [0.5, 0.6) is 0 Å². The molecule has 16 heavy (non-hydrogen) atoms. The van der Waals surface area contributed by atoms with E-state index in [1.54, 1.807) is 6.07 Å². The van der Waals surface area contributed by atoms with Crippen LogP contribution in [0.15, 0.2) is 18.2 Å². The van der Waals surface area contributed by atoms with Gasteiger partial charge in [-0.2, -0.15) is 0 Å². The number of nitrogens with one attached hydrogen (secondary N) is 1. The van der Waals surface area contributed by atoms with E-state index in [1.165, 1.54) is 6.07 Å². The Balaban J connectivity index is 2.56.